The molecule has 130 valence electrons. The fourth-order valence-corrected chi connectivity index (χ4v) is 2.43. The van der Waals surface area contributed by atoms with Crippen molar-refractivity contribution in [3.05, 3.63) is 71.7 Å². The molecule has 1 aromatic carbocycles. The summed E-state index contributed by atoms with van der Waals surface area (Å²) in [6.45, 7) is 0. The molecule has 0 radical (unpaired) electrons. The van der Waals surface area contributed by atoms with Gasteiger partial charge in [0.15, 0.2) is 0 Å². The molecule has 0 unspecified atom stereocenters. The Bertz CT molecular complexity index is 979. The van der Waals surface area contributed by atoms with E-state index in [1.165, 1.54) is 18.2 Å². The van der Waals surface area contributed by atoms with Crippen molar-refractivity contribution in [1.82, 2.24) is 14.8 Å². The minimum absolute atomic E-state index is 0.195. The van der Waals surface area contributed by atoms with Crippen molar-refractivity contribution >= 4 is 23.4 Å². The fourth-order valence-electron chi connectivity index (χ4n) is 2.43. The first-order valence-corrected chi connectivity index (χ1v) is 7.72. The summed E-state index contributed by atoms with van der Waals surface area (Å²) in [5.74, 6) is 5.39. The summed E-state index contributed by atoms with van der Waals surface area (Å²) < 4.78 is 1.70. The summed E-state index contributed by atoms with van der Waals surface area (Å²) in [6, 6.07) is 8.03. The highest BCUT2D eigenvalue weighted by Gasteiger charge is 2.10. The maximum absolute atomic E-state index is 12.3. The molecule has 0 saturated heterocycles. The Kier molecular flexibility index (Phi) is 4.95. The van der Waals surface area contributed by atoms with Gasteiger partial charge in [-0.05, 0) is 41.1 Å². The zero-order valence-corrected chi connectivity index (χ0v) is 14.0. The molecular formula is C18H16N6O2. The Morgan fingerprint density at radius 2 is 2.15 bits per heavy atom. The van der Waals surface area contributed by atoms with Gasteiger partial charge in [0.2, 0.25) is 0 Å². The van der Waals surface area contributed by atoms with Gasteiger partial charge in [-0.2, -0.15) is 5.10 Å². The van der Waals surface area contributed by atoms with Crippen LogP contribution in [0, 0.1) is 4.91 Å². The Morgan fingerprint density at radius 3 is 2.88 bits per heavy atom. The normalized spacial score (nSPS) is 10.8. The summed E-state index contributed by atoms with van der Waals surface area (Å²) >= 11 is 0. The zero-order valence-electron chi connectivity index (χ0n) is 14.0. The van der Waals surface area contributed by atoms with Crippen molar-refractivity contribution < 1.29 is 4.79 Å². The maximum Gasteiger partial charge on any atom is 0.265 e. The smallest absolute Gasteiger partial charge is 0.265 e. The van der Waals surface area contributed by atoms with Crippen LogP contribution in [0.2, 0.25) is 0 Å². The highest BCUT2D eigenvalue weighted by molar-refractivity contribution is 6.03. The predicted molar refractivity (Wildman–Crippen MR) is 99.0 cm³/mol. The maximum atomic E-state index is 12.3. The van der Waals surface area contributed by atoms with Crippen LogP contribution in [-0.4, -0.2) is 20.7 Å². The number of nitroso groups, excluding NO2 is 1. The monoisotopic (exact) mass is 348 g/mol. The number of hydrogen-bond donors (Lipinski definition) is 1. The van der Waals surface area contributed by atoms with Crippen molar-refractivity contribution in [1.29, 1.82) is 0 Å². The number of hydrogen-bond acceptors (Lipinski definition) is 6. The number of benzene rings is 1. The molecule has 26 heavy (non-hydrogen) atoms. The van der Waals surface area contributed by atoms with Crippen molar-refractivity contribution in [2.45, 2.75) is 0 Å². The number of aryl methyl sites for hydroxylation is 1. The number of amides is 1. The SMILES string of the molecule is Cn1cc(-c2ccncc2/C=C/C(=O)N(N)c2cccc(N=O)c2)cn1. The van der Waals surface area contributed by atoms with Gasteiger partial charge in [0.25, 0.3) is 5.91 Å². The summed E-state index contributed by atoms with van der Waals surface area (Å²) in [5, 5.41) is 7.94. The lowest BCUT2D eigenvalue weighted by Crippen LogP contribution is -2.36. The van der Waals surface area contributed by atoms with Gasteiger partial charge in [0.1, 0.15) is 5.69 Å². The zero-order chi connectivity index (χ0) is 18.5. The van der Waals surface area contributed by atoms with Crippen LogP contribution in [0.1, 0.15) is 5.56 Å². The van der Waals surface area contributed by atoms with Gasteiger partial charge in [-0.3, -0.25) is 14.5 Å². The summed E-state index contributed by atoms with van der Waals surface area (Å²) in [7, 11) is 1.83. The molecule has 0 saturated carbocycles. The van der Waals surface area contributed by atoms with Crippen molar-refractivity contribution in [2.24, 2.45) is 18.1 Å². The van der Waals surface area contributed by atoms with Crippen LogP contribution >= 0.6 is 0 Å². The number of carbonyl (C=O) groups is 1. The van der Waals surface area contributed by atoms with Crippen molar-refractivity contribution in [3.8, 4) is 11.1 Å². The van der Waals surface area contributed by atoms with Crippen molar-refractivity contribution in [3.63, 3.8) is 0 Å². The molecule has 3 aromatic rings. The third-order valence-corrected chi connectivity index (χ3v) is 3.72. The van der Waals surface area contributed by atoms with E-state index in [0.717, 1.165) is 21.7 Å². The second-order valence-electron chi connectivity index (χ2n) is 5.52. The largest absolute Gasteiger partial charge is 0.275 e. The van der Waals surface area contributed by atoms with E-state index >= 15 is 0 Å². The first-order chi connectivity index (χ1) is 12.6. The summed E-state index contributed by atoms with van der Waals surface area (Å²) in [6.07, 6.45) is 9.93. The number of anilines is 1. The molecular weight excluding hydrogens is 332 g/mol. The molecule has 0 aliphatic carbocycles. The molecule has 0 aliphatic heterocycles. The van der Waals surface area contributed by atoms with E-state index in [1.807, 2.05) is 19.3 Å². The van der Waals surface area contributed by atoms with E-state index in [2.05, 4.69) is 15.3 Å². The second-order valence-corrected chi connectivity index (χ2v) is 5.52. The van der Waals surface area contributed by atoms with Gasteiger partial charge < -0.3 is 0 Å². The van der Waals surface area contributed by atoms with Crippen LogP contribution in [0.15, 0.2) is 66.4 Å². The first-order valence-electron chi connectivity index (χ1n) is 7.72. The highest BCUT2D eigenvalue weighted by Crippen LogP contribution is 2.24. The van der Waals surface area contributed by atoms with E-state index in [0.29, 0.717) is 5.69 Å². The number of rotatable bonds is 5. The van der Waals surface area contributed by atoms with Crippen LogP contribution in [0.3, 0.4) is 0 Å². The second kappa shape index (κ2) is 7.49. The molecule has 2 heterocycles. The molecule has 8 nitrogen and oxygen atoms in total. The molecule has 0 atom stereocenters. The molecule has 0 bridgehead atoms. The Hall–Kier alpha value is -3.65. The number of pyridine rings is 1. The Morgan fingerprint density at radius 1 is 1.31 bits per heavy atom. The van der Waals surface area contributed by atoms with Crippen LogP contribution in [0.25, 0.3) is 17.2 Å². The Balaban J connectivity index is 1.83. The third-order valence-electron chi connectivity index (χ3n) is 3.72. The predicted octanol–water partition coefficient (Wildman–Crippen LogP) is 2.80. The molecule has 0 fully saturated rings. The van der Waals surface area contributed by atoms with E-state index in [-0.39, 0.29) is 5.69 Å². The van der Waals surface area contributed by atoms with Gasteiger partial charge in [0.05, 0.1) is 11.9 Å². The molecule has 3 rings (SSSR count). The number of carbonyl (C=O) groups excluding carboxylic acids is 1. The number of aromatic nitrogens is 3. The molecule has 0 spiro atoms. The van der Waals surface area contributed by atoms with Gasteiger partial charge >= 0.3 is 0 Å². The van der Waals surface area contributed by atoms with E-state index in [4.69, 9.17) is 5.84 Å². The summed E-state index contributed by atoms with van der Waals surface area (Å²) in [4.78, 5) is 27.1. The minimum atomic E-state index is -0.450. The lowest BCUT2D eigenvalue weighted by Gasteiger charge is -2.14. The topological polar surface area (TPSA) is 106 Å². The lowest BCUT2D eigenvalue weighted by atomic mass is 10.0. The van der Waals surface area contributed by atoms with Gasteiger partial charge in [-0.15, -0.1) is 4.91 Å². The van der Waals surface area contributed by atoms with E-state index < -0.39 is 5.91 Å². The molecule has 2 N–H and O–H groups in total. The van der Waals surface area contributed by atoms with Crippen LogP contribution in [0.5, 0.6) is 0 Å². The van der Waals surface area contributed by atoms with Crippen LogP contribution < -0.4 is 10.9 Å². The fraction of sp³-hybridized carbons (Fsp3) is 0.0556. The number of hydrazine groups is 1. The van der Waals surface area contributed by atoms with Crippen molar-refractivity contribution in [2.75, 3.05) is 5.01 Å². The van der Waals surface area contributed by atoms with Gasteiger partial charge in [-0.25, -0.2) is 10.9 Å². The average Bonchev–Trinajstić information content (AvgIpc) is 3.12. The van der Waals surface area contributed by atoms with Gasteiger partial charge in [0, 0.05) is 42.8 Å². The number of nitrogens with zero attached hydrogens (tertiary/aromatic N) is 5. The standard InChI is InChI=1S/C18H16N6O2/c1-23-12-14(11-21-23)17-7-8-20-10-13(17)5-6-18(25)24(19)16-4-2-3-15(9-16)22-26/h2-12H,19H2,1H3/b6-5+. The van der Waals surface area contributed by atoms with Gasteiger partial charge in [-0.1, -0.05) is 6.07 Å². The van der Waals surface area contributed by atoms with Crippen LogP contribution in [-0.2, 0) is 11.8 Å². The van der Waals surface area contributed by atoms with E-state index in [9.17, 15) is 9.70 Å². The summed E-state index contributed by atoms with van der Waals surface area (Å²) in [5.41, 5.74) is 3.13. The highest BCUT2D eigenvalue weighted by atomic mass is 16.3. The molecule has 1 amide bonds. The van der Waals surface area contributed by atoms with E-state index in [1.54, 1.807) is 41.5 Å². The lowest BCUT2D eigenvalue weighted by molar-refractivity contribution is -0.114. The number of nitrogens with two attached hydrogens (primary N) is 1. The molecule has 8 heteroatoms. The third kappa shape index (κ3) is 3.70. The minimum Gasteiger partial charge on any atom is -0.275 e. The average molecular weight is 348 g/mol. The quantitative estimate of drug-likeness (QED) is 0.251. The molecule has 2 aromatic heterocycles. The van der Waals surface area contributed by atoms with Crippen LogP contribution in [0.4, 0.5) is 11.4 Å². The molecule has 0 aliphatic rings. The Labute approximate surface area is 149 Å². The first kappa shape index (κ1) is 17.2.